The summed E-state index contributed by atoms with van der Waals surface area (Å²) in [6.45, 7) is 2.11. The van der Waals surface area contributed by atoms with Crippen molar-refractivity contribution in [2.75, 3.05) is 0 Å². The van der Waals surface area contributed by atoms with Crippen LogP contribution in [0.25, 0.3) is 0 Å². The zero-order chi connectivity index (χ0) is 10.5. The van der Waals surface area contributed by atoms with E-state index in [0.29, 0.717) is 0 Å². The first-order chi connectivity index (χ1) is 7.40. The Balaban J connectivity index is 2.24. The summed E-state index contributed by atoms with van der Waals surface area (Å²) in [5.74, 6) is 1.68. The number of rotatable bonds is 3. The van der Waals surface area contributed by atoms with E-state index < -0.39 is 0 Å². The van der Waals surface area contributed by atoms with Crippen LogP contribution in [0.15, 0.2) is 48.5 Å². The third kappa shape index (κ3) is 2.38. The molecule has 0 unspecified atom stereocenters. The van der Waals surface area contributed by atoms with Crippen molar-refractivity contribution in [2.24, 2.45) is 0 Å². The lowest BCUT2D eigenvalue weighted by atomic mass is 10.1. The molecule has 15 heavy (non-hydrogen) atoms. The number of benzene rings is 2. The molecule has 2 aromatic rings. The van der Waals surface area contributed by atoms with E-state index in [0.717, 1.165) is 17.9 Å². The first kappa shape index (κ1) is 9.78. The van der Waals surface area contributed by atoms with Crippen molar-refractivity contribution in [3.05, 3.63) is 60.2 Å². The largest absolute Gasteiger partial charge is 0.456 e. The predicted octanol–water partition coefficient (Wildman–Crippen LogP) is 3.84. The van der Waals surface area contributed by atoms with Gasteiger partial charge in [-0.25, -0.2) is 0 Å². The van der Waals surface area contributed by atoms with Gasteiger partial charge in [0.1, 0.15) is 11.5 Å². The van der Waals surface area contributed by atoms with Gasteiger partial charge in [-0.3, -0.25) is 0 Å². The Morgan fingerprint density at radius 2 is 1.87 bits per heavy atom. The van der Waals surface area contributed by atoms with Gasteiger partial charge in [-0.1, -0.05) is 43.3 Å². The second kappa shape index (κ2) is 4.65. The molecule has 1 heteroatoms. The first-order valence-corrected chi connectivity index (χ1v) is 5.12. The van der Waals surface area contributed by atoms with Crippen LogP contribution in [0.3, 0.4) is 0 Å². The average Bonchev–Trinajstić information content (AvgIpc) is 2.31. The highest BCUT2D eigenvalue weighted by Crippen LogP contribution is 2.24. The van der Waals surface area contributed by atoms with Crippen molar-refractivity contribution < 1.29 is 4.74 Å². The summed E-state index contributed by atoms with van der Waals surface area (Å²) >= 11 is 0. The van der Waals surface area contributed by atoms with Crippen LogP contribution in [0, 0.1) is 6.07 Å². The lowest BCUT2D eigenvalue weighted by Gasteiger charge is -2.08. The normalized spacial score (nSPS) is 9.93. The molecule has 0 saturated heterocycles. The molecule has 0 heterocycles. The van der Waals surface area contributed by atoms with E-state index in [2.05, 4.69) is 19.1 Å². The second-order valence-electron chi connectivity index (χ2n) is 3.29. The molecule has 1 nitrogen and oxygen atoms in total. The van der Waals surface area contributed by atoms with Gasteiger partial charge in [0.05, 0.1) is 0 Å². The summed E-state index contributed by atoms with van der Waals surface area (Å²) in [6.07, 6.45) is 0.958. The molecule has 0 saturated carbocycles. The van der Waals surface area contributed by atoms with Crippen molar-refractivity contribution in [3.63, 3.8) is 0 Å². The van der Waals surface area contributed by atoms with Gasteiger partial charge in [0.2, 0.25) is 0 Å². The number of aryl methyl sites for hydroxylation is 1. The Morgan fingerprint density at radius 3 is 2.60 bits per heavy atom. The molecular formula is C14H13O. The van der Waals surface area contributed by atoms with Crippen LogP contribution in [0.1, 0.15) is 12.5 Å². The standard InChI is InChI=1S/C14H13O/c1-2-12-8-6-7-11-14(12)15-13-9-4-3-5-10-13/h3-10H,2H2,1H3. The lowest BCUT2D eigenvalue weighted by molar-refractivity contribution is 0.476. The summed E-state index contributed by atoms with van der Waals surface area (Å²) < 4.78 is 5.74. The topological polar surface area (TPSA) is 9.23 Å². The van der Waals surface area contributed by atoms with E-state index in [-0.39, 0.29) is 0 Å². The molecule has 0 aromatic heterocycles. The van der Waals surface area contributed by atoms with E-state index in [1.165, 1.54) is 5.56 Å². The van der Waals surface area contributed by atoms with Gasteiger partial charge in [0, 0.05) is 6.07 Å². The fourth-order valence-corrected chi connectivity index (χ4v) is 1.44. The predicted molar refractivity (Wildman–Crippen MR) is 61.2 cm³/mol. The number of para-hydroxylation sites is 2. The minimum atomic E-state index is 0.825. The third-order valence-electron chi connectivity index (χ3n) is 2.24. The van der Waals surface area contributed by atoms with Gasteiger partial charge in [-0.15, -0.1) is 0 Å². The quantitative estimate of drug-likeness (QED) is 0.726. The second-order valence-corrected chi connectivity index (χ2v) is 3.29. The molecule has 75 valence electrons. The molecule has 0 fully saturated rings. The zero-order valence-electron chi connectivity index (χ0n) is 8.73. The van der Waals surface area contributed by atoms with Gasteiger partial charge < -0.3 is 4.74 Å². The highest BCUT2D eigenvalue weighted by molar-refractivity contribution is 5.36. The Morgan fingerprint density at radius 1 is 1.07 bits per heavy atom. The summed E-state index contributed by atoms with van der Waals surface area (Å²) in [5.41, 5.74) is 1.18. The monoisotopic (exact) mass is 197 g/mol. The molecule has 2 rings (SSSR count). The molecule has 0 bridgehead atoms. The lowest BCUT2D eigenvalue weighted by Crippen LogP contribution is -1.89. The van der Waals surface area contributed by atoms with Crippen LogP contribution >= 0.6 is 0 Å². The fraction of sp³-hybridized carbons (Fsp3) is 0.143. The summed E-state index contributed by atoms with van der Waals surface area (Å²) in [5, 5.41) is 0. The Bertz CT molecular complexity index is 420. The van der Waals surface area contributed by atoms with Crippen molar-refractivity contribution in [2.45, 2.75) is 13.3 Å². The van der Waals surface area contributed by atoms with Crippen molar-refractivity contribution in [3.8, 4) is 11.5 Å². The summed E-state index contributed by atoms with van der Waals surface area (Å²) in [7, 11) is 0. The first-order valence-electron chi connectivity index (χ1n) is 5.12. The summed E-state index contributed by atoms with van der Waals surface area (Å²) in [6, 6.07) is 18.8. The molecule has 0 amide bonds. The van der Waals surface area contributed by atoms with E-state index in [1.54, 1.807) is 0 Å². The minimum Gasteiger partial charge on any atom is -0.456 e. The molecule has 0 atom stereocenters. The van der Waals surface area contributed by atoms with Crippen LogP contribution in [-0.2, 0) is 6.42 Å². The maximum atomic E-state index is 5.74. The maximum Gasteiger partial charge on any atom is 0.138 e. The number of hydrogen-bond donors (Lipinski definition) is 0. The fourth-order valence-electron chi connectivity index (χ4n) is 1.44. The average molecular weight is 197 g/mol. The van der Waals surface area contributed by atoms with E-state index in [4.69, 9.17) is 4.74 Å². The Labute approximate surface area is 90.3 Å². The van der Waals surface area contributed by atoms with Crippen LogP contribution in [-0.4, -0.2) is 0 Å². The van der Waals surface area contributed by atoms with Crippen molar-refractivity contribution in [1.82, 2.24) is 0 Å². The highest BCUT2D eigenvalue weighted by Gasteiger charge is 2.01. The molecule has 1 radical (unpaired) electrons. The maximum absolute atomic E-state index is 5.74. The van der Waals surface area contributed by atoms with Crippen molar-refractivity contribution in [1.29, 1.82) is 0 Å². The van der Waals surface area contributed by atoms with E-state index >= 15 is 0 Å². The molecular weight excluding hydrogens is 184 g/mol. The van der Waals surface area contributed by atoms with Crippen LogP contribution in [0.4, 0.5) is 0 Å². The summed E-state index contributed by atoms with van der Waals surface area (Å²) in [4.78, 5) is 0. The SMILES string of the molecule is CCc1ccc[c]c1Oc1ccccc1. The molecule has 2 aromatic carbocycles. The molecule has 0 aliphatic carbocycles. The highest BCUT2D eigenvalue weighted by atomic mass is 16.5. The molecule has 0 aliphatic rings. The van der Waals surface area contributed by atoms with Crippen LogP contribution < -0.4 is 4.74 Å². The minimum absolute atomic E-state index is 0.825. The third-order valence-corrected chi connectivity index (χ3v) is 2.24. The van der Waals surface area contributed by atoms with E-state index in [9.17, 15) is 0 Å². The zero-order valence-corrected chi connectivity index (χ0v) is 8.73. The smallest absolute Gasteiger partial charge is 0.138 e. The van der Waals surface area contributed by atoms with Crippen molar-refractivity contribution >= 4 is 0 Å². The van der Waals surface area contributed by atoms with Crippen LogP contribution in [0.2, 0.25) is 0 Å². The van der Waals surface area contributed by atoms with Crippen LogP contribution in [0.5, 0.6) is 11.5 Å². The molecule has 0 N–H and O–H groups in total. The molecule has 0 aliphatic heterocycles. The van der Waals surface area contributed by atoms with E-state index in [1.807, 2.05) is 42.5 Å². The van der Waals surface area contributed by atoms with Gasteiger partial charge in [-0.2, -0.15) is 0 Å². The van der Waals surface area contributed by atoms with Gasteiger partial charge in [0.25, 0.3) is 0 Å². The van der Waals surface area contributed by atoms with Gasteiger partial charge >= 0.3 is 0 Å². The number of hydrogen-bond acceptors (Lipinski definition) is 1. The Hall–Kier alpha value is -1.76. The number of ether oxygens (including phenoxy) is 1. The van der Waals surface area contributed by atoms with Gasteiger partial charge in [0.15, 0.2) is 0 Å². The van der Waals surface area contributed by atoms with Gasteiger partial charge in [-0.05, 0) is 24.1 Å². The Kier molecular flexibility index (Phi) is 3.03. The molecule has 0 spiro atoms.